The average Bonchev–Trinajstić information content (AvgIpc) is 2.73. The molecule has 1 fully saturated rings. The molecule has 1 aromatic rings. The highest BCUT2D eigenvalue weighted by atomic mass is 79.9. The first kappa shape index (κ1) is 14.2. The number of nitro groups is 1. The van der Waals surface area contributed by atoms with Gasteiger partial charge in [-0.1, -0.05) is 0 Å². The van der Waals surface area contributed by atoms with Crippen LogP contribution in [-0.2, 0) is 0 Å². The molecule has 2 rings (SSSR count). The van der Waals surface area contributed by atoms with Crippen molar-refractivity contribution in [3.8, 4) is 0 Å². The van der Waals surface area contributed by atoms with Gasteiger partial charge in [-0.3, -0.25) is 10.1 Å². The van der Waals surface area contributed by atoms with E-state index in [4.69, 9.17) is 0 Å². The molecule has 1 aromatic heterocycles. The van der Waals surface area contributed by atoms with Crippen molar-refractivity contribution in [2.45, 2.75) is 18.9 Å². The Kier molecular flexibility index (Phi) is 3.78. The number of nitrogens with zero attached hydrogens (tertiary/aromatic N) is 4. The predicted molar refractivity (Wildman–Crippen MR) is 77.5 cm³/mol. The number of hydrogen-bond donors (Lipinski definition) is 0. The molecule has 0 aliphatic carbocycles. The zero-order chi connectivity index (χ0) is 14.2. The van der Waals surface area contributed by atoms with Crippen LogP contribution in [0.5, 0.6) is 0 Å². The van der Waals surface area contributed by atoms with Crippen LogP contribution in [-0.4, -0.2) is 47.5 Å². The third kappa shape index (κ3) is 2.71. The Balaban J connectivity index is 2.32. The monoisotopic (exact) mass is 328 g/mol. The summed E-state index contributed by atoms with van der Waals surface area (Å²) in [7, 11) is 4.07. The van der Waals surface area contributed by atoms with E-state index in [1.54, 1.807) is 6.20 Å². The lowest BCUT2D eigenvalue weighted by Gasteiger charge is -2.32. The normalized spacial score (nSPS) is 23.1. The first-order chi connectivity index (χ1) is 8.83. The van der Waals surface area contributed by atoms with Gasteiger partial charge < -0.3 is 9.80 Å². The highest BCUT2D eigenvalue weighted by Gasteiger charge is 2.38. The molecule has 6 nitrogen and oxygen atoms in total. The minimum Gasteiger partial charge on any atom is -0.349 e. The molecule has 0 radical (unpaired) electrons. The number of rotatable bonds is 3. The minimum absolute atomic E-state index is 0.0304. The van der Waals surface area contributed by atoms with Gasteiger partial charge >= 0.3 is 5.69 Å². The van der Waals surface area contributed by atoms with Gasteiger partial charge in [-0.2, -0.15) is 0 Å². The maximum absolute atomic E-state index is 11.1. The van der Waals surface area contributed by atoms with Crippen LogP contribution in [0.2, 0.25) is 0 Å². The molecule has 2 heterocycles. The SMILES string of the molecule is CN(C)C1(C)CCN(c2ncc(Br)cc2[N+](=O)[O-])C1. The number of pyridine rings is 1. The van der Waals surface area contributed by atoms with Crippen molar-refractivity contribution < 1.29 is 4.92 Å². The van der Waals surface area contributed by atoms with E-state index in [-0.39, 0.29) is 16.1 Å². The summed E-state index contributed by atoms with van der Waals surface area (Å²) in [5.41, 5.74) is 0.0835. The van der Waals surface area contributed by atoms with Crippen molar-refractivity contribution in [3.05, 3.63) is 26.9 Å². The molecule has 19 heavy (non-hydrogen) atoms. The molecule has 0 aromatic carbocycles. The van der Waals surface area contributed by atoms with Crippen molar-refractivity contribution in [3.63, 3.8) is 0 Å². The van der Waals surface area contributed by atoms with Crippen molar-refractivity contribution >= 4 is 27.4 Å². The van der Waals surface area contributed by atoms with Crippen molar-refractivity contribution in [2.24, 2.45) is 0 Å². The van der Waals surface area contributed by atoms with Crippen molar-refractivity contribution in [2.75, 3.05) is 32.1 Å². The van der Waals surface area contributed by atoms with Crippen LogP contribution in [0.1, 0.15) is 13.3 Å². The first-order valence-corrected chi connectivity index (χ1v) is 6.85. The van der Waals surface area contributed by atoms with Crippen LogP contribution < -0.4 is 4.90 Å². The number of anilines is 1. The van der Waals surface area contributed by atoms with Gasteiger partial charge in [0.2, 0.25) is 5.82 Å². The van der Waals surface area contributed by atoms with E-state index in [1.807, 2.05) is 19.0 Å². The molecular formula is C12H17BrN4O2. The van der Waals surface area contributed by atoms with Gasteiger partial charge in [0, 0.05) is 35.4 Å². The van der Waals surface area contributed by atoms with Gasteiger partial charge in [0.05, 0.1) is 4.92 Å². The molecule has 1 aliphatic heterocycles. The van der Waals surface area contributed by atoms with E-state index in [0.717, 1.165) is 19.5 Å². The Labute approximate surface area is 120 Å². The lowest BCUT2D eigenvalue weighted by atomic mass is 10.0. The summed E-state index contributed by atoms with van der Waals surface area (Å²) in [5, 5.41) is 11.1. The standard InChI is InChI=1S/C12H17BrN4O2/c1-12(15(2)3)4-5-16(8-12)11-10(17(18)19)6-9(13)7-14-11/h6-7H,4-5,8H2,1-3H3. The minimum atomic E-state index is -0.377. The summed E-state index contributed by atoms with van der Waals surface area (Å²) < 4.78 is 0.623. The number of aromatic nitrogens is 1. The number of halogens is 1. The fraction of sp³-hybridized carbons (Fsp3) is 0.583. The van der Waals surface area contributed by atoms with Crippen LogP contribution in [0.25, 0.3) is 0 Å². The van der Waals surface area contributed by atoms with Crippen LogP contribution >= 0.6 is 15.9 Å². The Morgan fingerprint density at radius 3 is 2.79 bits per heavy atom. The maximum Gasteiger partial charge on any atom is 0.312 e. The Hall–Kier alpha value is -1.21. The third-order valence-corrected chi connectivity index (χ3v) is 4.28. The number of likely N-dealkylation sites (N-methyl/N-ethyl adjacent to an activating group) is 1. The largest absolute Gasteiger partial charge is 0.349 e. The van der Waals surface area contributed by atoms with Gasteiger partial charge in [-0.05, 0) is 43.4 Å². The number of hydrogen-bond acceptors (Lipinski definition) is 5. The molecule has 0 saturated carbocycles. The fourth-order valence-corrected chi connectivity index (χ4v) is 2.61. The molecule has 1 unspecified atom stereocenters. The summed E-state index contributed by atoms with van der Waals surface area (Å²) >= 11 is 3.23. The van der Waals surface area contributed by atoms with E-state index >= 15 is 0 Å². The van der Waals surface area contributed by atoms with E-state index < -0.39 is 0 Å². The molecule has 0 amide bonds. The highest BCUT2D eigenvalue weighted by Crippen LogP contribution is 2.34. The molecular weight excluding hydrogens is 312 g/mol. The second-order valence-electron chi connectivity index (χ2n) is 5.32. The van der Waals surface area contributed by atoms with Crippen molar-refractivity contribution in [1.82, 2.24) is 9.88 Å². The quantitative estimate of drug-likeness (QED) is 0.629. The third-order valence-electron chi connectivity index (χ3n) is 3.84. The molecule has 0 N–H and O–H groups in total. The summed E-state index contributed by atoms with van der Waals surface area (Å²) in [4.78, 5) is 19.1. The molecule has 104 valence electrons. The second-order valence-corrected chi connectivity index (χ2v) is 6.23. The highest BCUT2D eigenvalue weighted by molar-refractivity contribution is 9.10. The molecule has 0 bridgehead atoms. The summed E-state index contributed by atoms with van der Waals surface area (Å²) in [5.74, 6) is 0.457. The molecule has 0 spiro atoms. The molecule has 7 heteroatoms. The zero-order valence-corrected chi connectivity index (χ0v) is 12.8. The summed E-state index contributed by atoms with van der Waals surface area (Å²) in [6.45, 7) is 3.69. The van der Waals surface area contributed by atoms with E-state index in [9.17, 15) is 10.1 Å². The van der Waals surface area contributed by atoms with Gasteiger partial charge in [-0.25, -0.2) is 4.98 Å². The fourth-order valence-electron chi connectivity index (χ4n) is 2.29. The average molecular weight is 329 g/mol. The summed E-state index contributed by atoms with van der Waals surface area (Å²) in [6, 6.07) is 1.51. The van der Waals surface area contributed by atoms with Crippen LogP contribution in [0.3, 0.4) is 0 Å². The van der Waals surface area contributed by atoms with E-state index in [2.05, 4.69) is 32.7 Å². The maximum atomic E-state index is 11.1. The molecule has 1 aliphatic rings. The lowest BCUT2D eigenvalue weighted by molar-refractivity contribution is -0.384. The first-order valence-electron chi connectivity index (χ1n) is 6.06. The van der Waals surface area contributed by atoms with Crippen LogP contribution in [0.15, 0.2) is 16.7 Å². The van der Waals surface area contributed by atoms with Gasteiger partial charge in [-0.15, -0.1) is 0 Å². The zero-order valence-electron chi connectivity index (χ0n) is 11.3. The smallest absolute Gasteiger partial charge is 0.312 e. The van der Waals surface area contributed by atoms with Crippen LogP contribution in [0, 0.1) is 10.1 Å². The van der Waals surface area contributed by atoms with Gasteiger partial charge in [0.1, 0.15) is 0 Å². The summed E-state index contributed by atoms with van der Waals surface area (Å²) in [6.07, 6.45) is 2.57. The van der Waals surface area contributed by atoms with Crippen LogP contribution in [0.4, 0.5) is 11.5 Å². The topological polar surface area (TPSA) is 62.5 Å². The second kappa shape index (κ2) is 5.05. The van der Waals surface area contributed by atoms with E-state index in [1.165, 1.54) is 6.07 Å². The Morgan fingerprint density at radius 2 is 2.26 bits per heavy atom. The molecule has 1 atom stereocenters. The predicted octanol–water partition coefficient (Wildman–Crippen LogP) is 2.28. The lowest BCUT2D eigenvalue weighted by Crippen LogP contribution is -2.43. The Morgan fingerprint density at radius 1 is 1.58 bits per heavy atom. The van der Waals surface area contributed by atoms with E-state index in [0.29, 0.717) is 10.3 Å². The molecule has 1 saturated heterocycles. The van der Waals surface area contributed by atoms with Gasteiger partial charge in [0.25, 0.3) is 0 Å². The Bertz CT molecular complexity index is 509. The van der Waals surface area contributed by atoms with Crippen molar-refractivity contribution in [1.29, 1.82) is 0 Å². The van der Waals surface area contributed by atoms with Gasteiger partial charge in [0.15, 0.2) is 0 Å².